The molecule has 2 aromatic rings. The van der Waals surface area contributed by atoms with E-state index in [0.717, 1.165) is 5.69 Å². The highest BCUT2D eigenvalue weighted by Crippen LogP contribution is 2.22. The van der Waals surface area contributed by atoms with Crippen molar-refractivity contribution in [3.63, 3.8) is 0 Å². The largest absolute Gasteiger partial charge is 0.497 e. The first kappa shape index (κ1) is 14.0. The lowest BCUT2D eigenvalue weighted by Crippen LogP contribution is -2.03. The van der Waals surface area contributed by atoms with Gasteiger partial charge < -0.3 is 9.47 Å². The molecule has 20 heavy (non-hydrogen) atoms. The van der Waals surface area contributed by atoms with Crippen LogP contribution in [0.25, 0.3) is 0 Å². The summed E-state index contributed by atoms with van der Waals surface area (Å²) in [6, 6.07) is 7.68. The zero-order chi connectivity index (χ0) is 14.5. The number of aromatic nitrogens is 1. The van der Waals surface area contributed by atoms with E-state index in [1.165, 1.54) is 18.2 Å². The van der Waals surface area contributed by atoms with Crippen LogP contribution in [-0.2, 0) is 6.61 Å². The molecule has 0 unspecified atom stereocenters. The summed E-state index contributed by atoms with van der Waals surface area (Å²) in [5.41, 5.74) is 1.54. The second-order valence-electron chi connectivity index (χ2n) is 4.20. The molecule has 104 valence electrons. The number of para-hydroxylation sites is 1. The highest BCUT2D eigenvalue weighted by Gasteiger charge is 2.10. The van der Waals surface area contributed by atoms with Crippen LogP contribution in [0.5, 0.6) is 11.5 Å². The molecule has 5 heteroatoms. The van der Waals surface area contributed by atoms with Gasteiger partial charge in [-0.15, -0.1) is 0 Å². The van der Waals surface area contributed by atoms with Crippen LogP contribution < -0.4 is 9.47 Å². The molecule has 0 fully saturated rings. The Morgan fingerprint density at radius 2 is 2.15 bits per heavy atom. The summed E-state index contributed by atoms with van der Waals surface area (Å²) in [4.78, 5) is 15.1. The second kappa shape index (κ2) is 6.14. The van der Waals surface area contributed by atoms with E-state index in [-0.39, 0.29) is 17.9 Å². The van der Waals surface area contributed by atoms with Gasteiger partial charge in [0.05, 0.1) is 18.4 Å². The quantitative estimate of drug-likeness (QED) is 0.787. The van der Waals surface area contributed by atoms with Crippen LogP contribution in [0, 0.1) is 12.7 Å². The third kappa shape index (κ3) is 3.12. The molecule has 0 spiro atoms. The zero-order valence-electron chi connectivity index (χ0n) is 11.2. The smallest absolute Gasteiger partial charge is 0.166 e. The second-order valence-corrected chi connectivity index (χ2v) is 4.20. The Hall–Kier alpha value is -2.43. The Labute approximate surface area is 116 Å². The lowest BCUT2D eigenvalue weighted by Gasteiger charge is -2.10. The molecule has 0 bridgehead atoms. The van der Waals surface area contributed by atoms with Crippen molar-refractivity contribution in [2.45, 2.75) is 13.5 Å². The molecule has 1 aromatic carbocycles. The predicted octanol–water partition coefficient (Wildman–Crippen LogP) is 2.93. The molecular weight excluding hydrogens is 261 g/mol. The maximum absolute atomic E-state index is 13.6. The monoisotopic (exact) mass is 275 g/mol. The molecular formula is C15H14FNO3. The van der Waals surface area contributed by atoms with Crippen LogP contribution in [-0.4, -0.2) is 18.4 Å². The van der Waals surface area contributed by atoms with E-state index in [1.807, 2.05) is 6.92 Å². The number of carbonyl (C=O) groups is 1. The summed E-state index contributed by atoms with van der Waals surface area (Å²) < 4.78 is 24.1. The lowest BCUT2D eigenvalue weighted by atomic mass is 10.2. The molecule has 0 N–H and O–H groups in total. The van der Waals surface area contributed by atoms with Gasteiger partial charge >= 0.3 is 0 Å². The number of hydrogen-bond donors (Lipinski definition) is 0. The van der Waals surface area contributed by atoms with Gasteiger partial charge in [-0.05, 0) is 19.1 Å². The number of halogens is 1. The average Bonchev–Trinajstić information content (AvgIpc) is 2.45. The number of hydrogen-bond acceptors (Lipinski definition) is 4. The van der Waals surface area contributed by atoms with Crippen molar-refractivity contribution < 1.29 is 18.7 Å². The van der Waals surface area contributed by atoms with Gasteiger partial charge in [-0.25, -0.2) is 4.39 Å². The molecule has 0 aliphatic rings. The zero-order valence-corrected chi connectivity index (χ0v) is 11.2. The molecule has 4 nitrogen and oxygen atoms in total. The molecule has 0 aliphatic carbocycles. The normalized spacial score (nSPS) is 10.2. The van der Waals surface area contributed by atoms with Gasteiger partial charge in [0, 0.05) is 17.8 Å². The number of benzene rings is 1. The van der Waals surface area contributed by atoms with Gasteiger partial charge in [0.1, 0.15) is 12.4 Å². The van der Waals surface area contributed by atoms with Gasteiger partial charge in [-0.2, -0.15) is 0 Å². The third-order valence-corrected chi connectivity index (χ3v) is 2.70. The topological polar surface area (TPSA) is 48.4 Å². The molecule has 0 saturated heterocycles. The van der Waals surface area contributed by atoms with Crippen LogP contribution in [0.1, 0.15) is 21.7 Å². The van der Waals surface area contributed by atoms with Crippen molar-refractivity contribution in [2.24, 2.45) is 0 Å². The van der Waals surface area contributed by atoms with Crippen LogP contribution in [0.3, 0.4) is 0 Å². The summed E-state index contributed by atoms with van der Waals surface area (Å²) in [7, 11) is 1.56. The summed E-state index contributed by atoms with van der Waals surface area (Å²) >= 11 is 0. The van der Waals surface area contributed by atoms with E-state index in [4.69, 9.17) is 9.47 Å². The Kier molecular flexibility index (Phi) is 4.30. The van der Waals surface area contributed by atoms with E-state index in [2.05, 4.69) is 4.98 Å². The number of aryl methyl sites for hydroxylation is 1. The highest BCUT2D eigenvalue weighted by atomic mass is 19.1. The van der Waals surface area contributed by atoms with Gasteiger partial charge in [0.2, 0.25) is 0 Å². The van der Waals surface area contributed by atoms with E-state index in [1.54, 1.807) is 19.2 Å². The molecule has 0 saturated carbocycles. The summed E-state index contributed by atoms with van der Waals surface area (Å²) in [5.74, 6) is 0.0132. The van der Waals surface area contributed by atoms with Gasteiger partial charge in [-0.1, -0.05) is 6.07 Å². The Morgan fingerprint density at radius 1 is 1.35 bits per heavy atom. The average molecular weight is 275 g/mol. The maximum atomic E-state index is 13.6. The minimum Gasteiger partial charge on any atom is -0.497 e. The van der Waals surface area contributed by atoms with Crippen LogP contribution in [0.4, 0.5) is 4.39 Å². The van der Waals surface area contributed by atoms with Crippen molar-refractivity contribution in [3.8, 4) is 11.5 Å². The minimum atomic E-state index is -0.575. The SMILES string of the molecule is COc1cc(C)nc(COc2c(F)cccc2C=O)c1. The van der Waals surface area contributed by atoms with Crippen LogP contribution in [0.15, 0.2) is 30.3 Å². The maximum Gasteiger partial charge on any atom is 0.166 e. The lowest BCUT2D eigenvalue weighted by molar-refractivity contribution is 0.111. The first-order chi connectivity index (χ1) is 9.63. The Morgan fingerprint density at radius 3 is 2.85 bits per heavy atom. The van der Waals surface area contributed by atoms with Gasteiger partial charge in [0.25, 0.3) is 0 Å². The molecule has 1 heterocycles. The number of aldehydes is 1. The molecule has 1 aromatic heterocycles. The predicted molar refractivity (Wildman–Crippen MR) is 71.6 cm³/mol. The number of nitrogens with zero attached hydrogens (tertiary/aromatic N) is 1. The van der Waals surface area contributed by atoms with E-state index in [9.17, 15) is 9.18 Å². The standard InChI is InChI=1S/C15H14FNO3/c1-10-6-13(19-2)7-12(17-10)9-20-15-11(8-18)4-3-5-14(15)16/h3-8H,9H2,1-2H3. The molecule has 0 atom stereocenters. The summed E-state index contributed by atoms with van der Waals surface area (Å²) in [6.07, 6.45) is 0.558. The fraction of sp³-hybridized carbons (Fsp3) is 0.200. The molecule has 0 radical (unpaired) electrons. The third-order valence-electron chi connectivity index (χ3n) is 2.70. The van der Waals surface area contributed by atoms with Gasteiger partial charge in [-0.3, -0.25) is 9.78 Å². The van der Waals surface area contributed by atoms with Crippen molar-refractivity contribution in [1.82, 2.24) is 4.98 Å². The van der Waals surface area contributed by atoms with E-state index >= 15 is 0 Å². The summed E-state index contributed by atoms with van der Waals surface area (Å²) in [5, 5.41) is 0. The fourth-order valence-corrected chi connectivity index (χ4v) is 1.81. The molecule has 2 rings (SSSR count). The van der Waals surface area contributed by atoms with Crippen LogP contribution in [0.2, 0.25) is 0 Å². The van der Waals surface area contributed by atoms with Crippen molar-refractivity contribution >= 4 is 6.29 Å². The minimum absolute atomic E-state index is 0.0554. The van der Waals surface area contributed by atoms with Crippen molar-refractivity contribution in [3.05, 3.63) is 53.1 Å². The van der Waals surface area contributed by atoms with Gasteiger partial charge in [0.15, 0.2) is 17.9 Å². The molecule has 0 amide bonds. The first-order valence-electron chi connectivity index (χ1n) is 6.02. The van der Waals surface area contributed by atoms with Crippen molar-refractivity contribution in [2.75, 3.05) is 7.11 Å². The molecule has 0 aliphatic heterocycles. The number of rotatable bonds is 5. The Balaban J connectivity index is 2.21. The number of methoxy groups -OCH3 is 1. The fourth-order valence-electron chi connectivity index (χ4n) is 1.81. The number of ether oxygens (including phenoxy) is 2. The Bertz CT molecular complexity index is 629. The highest BCUT2D eigenvalue weighted by molar-refractivity contribution is 5.79. The van der Waals surface area contributed by atoms with Crippen LogP contribution >= 0.6 is 0 Å². The number of carbonyl (C=O) groups excluding carboxylic acids is 1. The summed E-state index contributed by atoms with van der Waals surface area (Å²) in [6.45, 7) is 1.88. The number of pyridine rings is 1. The van der Waals surface area contributed by atoms with E-state index < -0.39 is 5.82 Å². The van der Waals surface area contributed by atoms with Crippen molar-refractivity contribution in [1.29, 1.82) is 0 Å². The van der Waals surface area contributed by atoms with E-state index in [0.29, 0.717) is 17.7 Å². The first-order valence-corrected chi connectivity index (χ1v) is 6.02.